The summed E-state index contributed by atoms with van der Waals surface area (Å²) >= 11 is 5.17. The summed E-state index contributed by atoms with van der Waals surface area (Å²) in [4.78, 5) is 0. The van der Waals surface area contributed by atoms with Gasteiger partial charge in [0.05, 0.1) is 6.21 Å². The van der Waals surface area contributed by atoms with Crippen LogP contribution in [0.2, 0.25) is 0 Å². The minimum atomic E-state index is -0.271. The van der Waals surface area contributed by atoms with Crippen LogP contribution in [-0.4, -0.2) is 17.4 Å². The molecule has 0 spiro atoms. The van der Waals surface area contributed by atoms with Gasteiger partial charge in [-0.25, -0.2) is 4.39 Å². The van der Waals surface area contributed by atoms with Crippen molar-refractivity contribution in [2.24, 2.45) is 5.10 Å². The van der Waals surface area contributed by atoms with Crippen molar-refractivity contribution in [1.82, 2.24) is 10.7 Å². The minimum absolute atomic E-state index is 0.271. The Balaban J connectivity index is 1.76. The molecular formula is C14H18FN3S. The molecule has 0 heterocycles. The van der Waals surface area contributed by atoms with Crippen LogP contribution in [0.5, 0.6) is 0 Å². The van der Waals surface area contributed by atoms with Crippen LogP contribution in [0.3, 0.4) is 0 Å². The first-order valence-corrected chi connectivity index (χ1v) is 7.00. The number of nitrogens with one attached hydrogen (secondary N) is 2. The number of hydrogen-bond acceptors (Lipinski definition) is 2. The second-order valence-corrected chi connectivity index (χ2v) is 5.14. The summed E-state index contributed by atoms with van der Waals surface area (Å²) < 4.78 is 12.9. The Kier molecular flexibility index (Phi) is 5.27. The minimum Gasteiger partial charge on any atom is -0.359 e. The fourth-order valence-electron chi connectivity index (χ4n) is 2.22. The van der Waals surface area contributed by atoms with Gasteiger partial charge >= 0.3 is 0 Å². The van der Waals surface area contributed by atoms with Gasteiger partial charge in [0, 0.05) is 6.04 Å². The van der Waals surface area contributed by atoms with Crippen molar-refractivity contribution in [1.29, 1.82) is 0 Å². The third-order valence-electron chi connectivity index (χ3n) is 3.17. The quantitative estimate of drug-likeness (QED) is 0.507. The molecule has 1 aliphatic carbocycles. The summed E-state index contributed by atoms with van der Waals surface area (Å²) in [6.45, 7) is 0. The zero-order chi connectivity index (χ0) is 13.5. The Bertz CT molecular complexity index is 456. The normalized spacial score (nSPS) is 16.5. The fourth-order valence-corrected chi connectivity index (χ4v) is 2.44. The zero-order valence-electron chi connectivity index (χ0n) is 10.7. The standard InChI is InChI=1S/C14H18FN3S/c15-12-6-4-5-11(9-12)10-16-18-14(19)17-13-7-2-1-3-8-13/h4-6,9-10,13H,1-3,7-8H2,(H2,17,18,19)/b16-10+. The molecule has 0 aromatic heterocycles. The molecule has 0 unspecified atom stereocenters. The fraction of sp³-hybridized carbons (Fsp3) is 0.429. The molecule has 0 bridgehead atoms. The zero-order valence-corrected chi connectivity index (χ0v) is 11.5. The number of hydrazone groups is 1. The van der Waals surface area contributed by atoms with Gasteiger partial charge in [-0.05, 0) is 42.8 Å². The SMILES string of the molecule is Fc1cccc(/C=N/NC(=S)NC2CCCCC2)c1. The van der Waals surface area contributed by atoms with E-state index < -0.39 is 0 Å². The average Bonchev–Trinajstić information content (AvgIpc) is 2.40. The second-order valence-electron chi connectivity index (χ2n) is 4.73. The van der Waals surface area contributed by atoms with Gasteiger partial charge in [0.2, 0.25) is 0 Å². The molecule has 0 aliphatic heterocycles. The molecule has 2 N–H and O–H groups in total. The average molecular weight is 279 g/mol. The van der Waals surface area contributed by atoms with Gasteiger partial charge < -0.3 is 5.32 Å². The summed E-state index contributed by atoms with van der Waals surface area (Å²) in [5.74, 6) is -0.271. The third-order valence-corrected chi connectivity index (χ3v) is 3.38. The van der Waals surface area contributed by atoms with E-state index in [1.165, 1.54) is 31.4 Å². The number of thiocarbonyl (C=S) groups is 1. The van der Waals surface area contributed by atoms with Crippen molar-refractivity contribution >= 4 is 23.5 Å². The molecule has 0 saturated heterocycles. The van der Waals surface area contributed by atoms with E-state index in [4.69, 9.17) is 12.2 Å². The highest BCUT2D eigenvalue weighted by molar-refractivity contribution is 7.80. The molecule has 0 atom stereocenters. The maximum atomic E-state index is 12.9. The van der Waals surface area contributed by atoms with E-state index in [0.29, 0.717) is 16.7 Å². The van der Waals surface area contributed by atoms with Crippen LogP contribution in [-0.2, 0) is 0 Å². The van der Waals surface area contributed by atoms with Crippen LogP contribution >= 0.6 is 12.2 Å². The Morgan fingerprint density at radius 3 is 2.84 bits per heavy atom. The highest BCUT2D eigenvalue weighted by Gasteiger charge is 2.13. The molecule has 0 amide bonds. The van der Waals surface area contributed by atoms with Crippen molar-refractivity contribution in [3.63, 3.8) is 0 Å². The molecule has 0 radical (unpaired) electrons. The summed E-state index contributed by atoms with van der Waals surface area (Å²) in [5.41, 5.74) is 3.47. The Hall–Kier alpha value is -1.49. The topological polar surface area (TPSA) is 36.4 Å². The van der Waals surface area contributed by atoms with Crippen molar-refractivity contribution in [2.45, 2.75) is 38.1 Å². The molecule has 5 heteroatoms. The molecule has 1 aromatic rings. The second kappa shape index (κ2) is 7.19. The van der Waals surface area contributed by atoms with E-state index in [0.717, 1.165) is 12.8 Å². The van der Waals surface area contributed by atoms with Crippen LogP contribution in [0.25, 0.3) is 0 Å². The van der Waals surface area contributed by atoms with Gasteiger partial charge in [0.1, 0.15) is 5.82 Å². The maximum Gasteiger partial charge on any atom is 0.187 e. The van der Waals surface area contributed by atoms with Crippen LogP contribution in [0, 0.1) is 5.82 Å². The molecule has 1 saturated carbocycles. The van der Waals surface area contributed by atoms with E-state index in [-0.39, 0.29) is 5.82 Å². The lowest BCUT2D eigenvalue weighted by molar-refractivity contribution is 0.412. The van der Waals surface area contributed by atoms with Crippen LogP contribution in [0.1, 0.15) is 37.7 Å². The molecular weight excluding hydrogens is 261 g/mol. The molecule has 2 rings (SSSR count). The predicted octanol–water partition coefficient (Wildman–Crippen LogP) is 2.96. The van der Waals surface area contributed by atoms with Gasteiger partial charge in [-0.1, -0.05) is 31.4 Å². The first-order valence-electron chi connectivity index (χ1n) is 6.59. The van der Waals surface area contributed by atoms with Crippen molar-refractivity contribution in [3.05, 3.63) is 35.6 Å². The van der Waals surface area contributed by atoms with Gasteiger partial charge in [0.15, 0.2) is 5.11 Å². The van der Waals surface area contributed by atoms with Crippen molar-refractivity contribution < 1.29 is 4.39 Å². The smallest absolute Gasteiger partial charge is 0.187 e. The monoisotopic (exact) mass is 279 g/mol. The molecule has 1 fully saturated rings. The Morgan fingerprint density at radius 2 is 2.11 bits per heavy atom. The largest absolute Gasteiger partial charge is 0.359 e. The highest BCUT2D eigenvalue weighted by Crippen LogP contribution is 2.17. The molecule has 1 aromatic carbocycles. The summed E-state index contributed by atoms with van der Waals surface area (Å²) in [6, 6.07) is 6.71. The number of benzene rings is 1. The summed E-state index contributed by atoms with van der Waals surface area (Å²) in [5, 5.41) is 7.78. The van der Waals surface area contributed by atoms with E-state index in [9.17, 15) is 4.39 Å². The number of rotatable bonds is 3. The van der Waals surface area contributed by atoms with E-state index in [2.05, 4.69) is 15.8 Å². The van der Waals surface area contributed by atoms with Gasteiger partial charge in [0.25, 0.3) is 0 Å². The van der Waals surface area contributed by atoms with Crippen LogP contribution in [0.15, 0.2) is 29.4 Å². The van der Waals surface area contributed by atoms with Gasteiger partial charge in [-0.2, -0.15) is 5.10 Å². The van der Waals surface area contributed by atoms with Gasteiger partial charge in [-0.15, -0.1) is 0 Å². The van der Waals surface area contributed by atoms with Crippen molar-refractivity contribution in [2.75, 3.05) is 0 Å². The summed E-state index contributed by atoms with van der Waals surface area (Å²) in [6.07, 6.45) is 7.71. The van der Waals surface area contributed by atoms with E-state index in [1.807, 2.05) is 0 Å². The number of halogens is 1. The lowest BCUT2D eigenvalue weighted by atomic mass is 9.96. The Morgan fingerprint density at radius 1 is 1.32 bits per heavy atom. The van der Waals surface area contributed by atoms with Crippen LogP contribution in [0.4, 0.5) is 4.39 Å². The molecule has 102 valence electrons. The summed E-state index contributed by atoms with van der Waals surface area (Å²) in [7, 11) is 0. The first-order chi connectivity index (χ1) is 9.24. The molecule has 3 nitrogen and oxygen atoms in total. The van der Waals surface area contributed by atoms with Crippen molar-refractivity contribution in [3.8, 4) is 0 Å². The molecule has 19 heavy (non-hydrogen) atoms. The first kappa shape index (κ1) is 13.9. The third kappa shape index (κ3) is 4.95. The van der Waals surface area contributed by atoms with Crippen LogP contribution < -0.4 is 10.7 Å². The number of hydrogen-bond donors (Lipinski definition) is 2. The lowest BCUT2D eigenvalue weighted by Crippen LogP contribution is -2.40. The lowest BCUT2D eigenvalue weighted by Gasteiger charge is -2.23. The highest BCUT2D eigenvalue weighted by atomic mass is 32.1. The molecule has 1 aliphatic rings. The predicted molar refractivity (Wildman–Crippen MR) is 79.7 cm³/mol. The van der Waals surface area contributed by atoms with E-state index in [1.54, 1.807) is 18.3 Å². The van der Waals surface area contributed by atoms with Gasteiger partial charge in [-0.3, -0.25) is 5.43 Å². The number of nitrogens with zero attached hydrogens (tertiary/aromatic N) is 1. The Labute approximate surface area is 118 Å². The van der Waals surface area contributed by atoms with E-state index >= 15 is 0 Å². The maximum absolute atomic E-state index is 12.9.